The van der Waals surface area contributed by atoms with Crippen LogP contribution in [-0.2, 0) is 6.42 Å². The van der Waals surface area contributed by atoms with Crippen molar-refractivity contribution < 1.29 is 0 Å². The van der Waals surface area contributed by atoms with Crippen molar-refractivity contribution in [1.82, 2.24) is 5.32 Å². The second-order valence-corrected chi connectivity index (χ2v) is 7.11. The molecule has 1 aliphatic rings. The lowest BCUT2D eigenvalue weighted by atomic mass is 9.90. The van der Waals surface area contributed by atoms with Gasteiger partial charge in [-0.25, -0.2) is 0 Å². The average molecular weight is 287 g/mol. The number of benzene rings is 1. The van der Waals surface area contributed by atoms with Crippen LogP contribution in [-0.4, -0.2) is 12.6 Å². The zero-order valence-electron chi connectivity index (χ0n) is 14.4. The maximum absolute atomic E-state index is 3.84. The van der Waals surface area contributed by atoms with Crippen LogP contribution in [0, 0.1) is 25.7 Å². The lowest BCUT2D eigenvalue weighted by Gasteiger charge is -2.25. The predicted octanol–water partition coefficient (Wildman–Crippen LogP) is 5.04. The molecule has 1 aliphatic carbocycles. The third kappa shape index (κ3) is 4.85. The van der Waals surface area contributed by atoms with Crippen LogP contribution in [0.1, 0.15) is 62.6 Å². The van der Waals surface area contributed by atoms with Gasteiger partial charge in [0, 0.05) is 6.04 Å². The highest BCUT2D eigenvalue weighted by atomic mass is 14.9. The van der Waals surface area contributed by atoms with Crippen LogP contribution >= 0.6 is 0 Å². The van der Waals surface area contributed by atoms with Gasteiger partial charge in [0.05, 0.1) is 0 Å². The van der Waals surface area contributed by atoms with Crippen LogP contribution in [0.3, 0.4) is 0 Å². The van der Waals surface area contributed by atoms with Gasteiger partial charge in [-0.15, -0.1) is 0 Å². The van der Waals surface area contributed by atoms with E-state index in [1.807, 2.05) is 0 Å². The summed E-state index contributed by atoms with van der Waals surface area (Å²) in [6.07, 6.45) is 8.09. The van der Waals surface area contributed by atoms with Crippen molar-refractivity contribution in [2.45, 2.75) is 72.3 Å². The lowest BCUT2D eigenvalue weighted by Crippen LogP contribution is -2.37. The summed E-state index contributed by atoms with van der Waals surface area (Å²) in [6, 6.07) is 7.70. The molecule has 21 heavy (non-hydrogen) atoms. The Bertz CT molecular complexity index is 417. The van der Waals surface area contributed by atoms with Gasteiger partial charge in [-0.2, -0.15) is 0 Å². The van der Waals surface area contributed by atoms with Gasteiger partial charge in [-0.05, 0) is 63.5 Å². The Morgan fingerprint density at radius 1 is 1.10 bits per heavy atom. The first-order valence-corrected chi connectivity index (χ1v) is 8.92. The summed E-state index contributed by atoms with van der Waals surface area (Å²) in [5.41, 5.74) is 4.32. The molecule has 0 saturated heterocycles. The molecule has 0 aliphatic heterocycles. The Hall–Kier alpha value is -0.820. The zero-order valence-corrected chi connectivity index (χ0v) is 14.4. The zero-order chi connectivity index (χ0) is 15.2. The predicted molar refractivity (Wildman–Crippen MR) is 92.8 cm³/mol. The normalized spacial score (nSPS) is 23.4. The van der Waals surface area contributed by atoms with Gasteiger partial charge in [0.15, 0.2) is 0 Å². The topological polar surface area (TPSA) is 12.0 Å². The summed E-state index contributed by atoms with van der Waals surface area (Å²) in [6.45, 7) is 10.2. The van der Waals surface area contributed by atoms with Crippen LogP contribution in [0.2, 0.25) is 0 Å². The first-order valence-electron chi connectivity index (χ1n) is 8.92. The van der Waals surface area contributed by atoms with Crippen molar-refractivity contribution in [3.63, 3.8) is 0 Å². The van der Waals surface area contributed by atoms with E-state index in [-0.39, 0.29) is 0 Å². The molecular weight excluding hydrogens is 254 g/mol. The van der Waals surface area contributed by atoms with Crippen LogP contribution < -0.4 is 5.32 Å². The fourth-order valence-corrected chi connectivity index (χ4v) is 4.03. The van der Waals surface area contributed by atoms with Crippen molar-refractivity contribution in [2.24, 2.45) is 11.8 Å². The Morgan fingerprint density at radius 2 is 1.81 bits per heavy atom. The van der Waals surface area contributed by atoms with E-state index in [4.69, 9.17) is 0 Å². The molecule has 1 N–H and O–H groups in total. The van der Waals surface area contributed by atoms with Gasteiger partial charge in [0.1, 0.15) is 0 Å². The minimum absolute atomic E-state index is 0.669. The molecule has 3 atom stereocenters. The maximum atomic E-state index is 3.84. The lowest BCUT2D eigenvalue weighted by molar-refractivity contribution is 0.344. The monoisotopic (exact) mass is 287 g/mol. The van der Waals surface area contributed by atoms with E-state index in [2.05, 4.69) is 51.2 Å². The summed E-state index contributed by atoms with van der Waals surface area (Å²) in [5.74, 6) is 1.85. The van der Waals surface area contributed by atoms with Crippen molar-refractivity contribution in [3.8, 4) is 0 Å². The molecule has 1 nitrogen and oxygen atoms in total. The Morgan fingerprint density at radius 3 is 2.38 bits per heavy atom. The van der Waals surface area contributed by atoms with Gasteiger partial charge < -0.3 is 5.32 Å². The van der Waals surface area contributed by atoms with Crippen molar-refractivity contribution >= 4 is 0 Å². The first-order chi connectivity index (χ1) is 10.1. The number of hydrogen-bond donors (Lipinski definition) is 1. The van der Waals surface area contributed by atoms with Crippen LogP contribution in [0.5, 0.6) is 0 Å². The van der Waals surface area contributed by atoms with E-state index < -0.39 is 0 Å². The quantitative estimate of drug-likeness (QED) is 0.740. The summed E-state index contributed by atoms with van der Waals surface area (Å²) >= 11 is 0. The van der Waals surface area contributed by atoms with E-state index in [1.54, 1.807) is 0 Å². The summed E-state index contributed by atoms with van der Waals surface area (Å²) in [4.78, 5) is 0. The van der Waals surface area contributed by atoms with Crippen LogP contribution in [0.15, 0.2) is 18.2 Å². The Labute approximate surface area is 131 Å². The Kier molecular flexibility index (Phi) is 6.29. The minimum Gasteiger partial charge on any atom is -0.313 e. The van der Waals surface area contributed by atoms with Crippen LogP contribution in [0.4, 0.5) is 0 Å². The number of aryl methyl sites for hydroxylation is 2. The van der Waals surface area contributed by atoms with E-state index in [0.717, 1.165) is 18.4 Å². The molecule has 1 saturated carbocycles. The van der Waals surface area contributed by atoms with Crippen LogP contribution in [0.25, 0.3) is 0 Å². The number of nitrogens with one attached hydrogen (secondary N) is 1. The van der Waals surface area contributed by atoms with E-state index in [9.17, 15) is 0 Å². The third-order valence-corrected chi connectivity index (χ3v) is 5.12. The first kappa shape index (κ1) is 16.5. The molecule has 1 aromatic carbocycles. The largest absolute Gasteiger partial charge is 0.313 e. The van der Waals surface area contributed by atoms with Crippen molar-refractivity contribution in [1.29, 1.82) is 0 Å². The minimum atomic E-state index is 0.669. The van der Waals surface area contributed by atoms with Gasteiger partial charge in [-0.1, -0.05) is 56.0 Å². The van der Waals surface area contributed by atoms with Gasteiger partial charge in [-0.3, -0.25) is 0 Å². The molecule has 1 aromatic rings. The number of hydrogen-bond acceptors (Lipinski definition) is 1. The summed E-state index contributed by atoms with van der Waals surface area (Å²) in [7, 11) is 0. The molecule has 0 heterocycles. The molecular formula is C20H33N. The third-order valence-electron chi connectivity index (χ3n) is 5.12. The molecule has 0 radical (unpaired) electrons. The molecule has 0 amide bonds. The second kappa shape index (κ2) is 7.98. The highest BCUT2D eigenvalue weighted by Crippen LogP contribution is 2.35. The second-order valence-electron chi connectivity index (χ2n) is 7.11. The molecule has 1 fully saturated rings. The SMILES string of the molecule is CCCNC(Cc1cc(C)cc(C)c1)C1CCC(CC)C1. The average Bonchev–Trinajstić information content (AvgIpc) is 2.91. The fourth-order valence-electron chi connectivity index (χ4n) is 4.03. The number of rotatable bonds is 7. The van der Waals surface area contributed by atoms with E-state index in [1.165, 1.54) is 55.2 Å². The van der Waals surface area contributed by atoms with Crippen molar-refractivity contribution in [3.05, 3.63) is 34.9 Å². The molecule has 118 valence electrons. The van der Waals surface area contributed by atoms with E-state index >= 15 is 0 Å². The van der Waals surface area contributed by atoms with Crippen molar-refractivity contribution in [2.75, 3.05) is 6.54 Å². The van der Waals surface area contributed by atoms with Gasteiger partial charge in [0.25, 0.3) is 0 Å². The standard InChI is InChI=1S/C20H33N/c1-5-9-21-20(19-8-7-17(6-2)13-19)14-18-11-15(3)10-16(4)12-18/h10-12,17,19-21H,5-9,13-14H2,1-4H3. The molecule has 0 aromatic heterocycles. The molecule has 2 rings (SSSR count). The highest BCUT2D eigenvalue weighted by molar-refractivity contribution is 5.29. The highest BCUT2D eigenvalue weighted by Gasteiger charge is 2.29. The van der Waals surface area contributed by atoms with E-state index in [0.29, 0.717) is 6.04 Å². The fraction of sp³-hybridized carbons (Fsp3) is 0.700. The molecule has 0 bridgehead atoms. The molecule has 1 heteroatoms. The van der Waals surface area contributed by atoms with Gasteiger partial charge >= 0.3 is 0 Å². The maximum Gasteiger partial charge on any atom is 0.0136 e. The summed E-state index contributed by atoms with van der Waals surface area (Å²) < 4.78 is 0. The van der Waals surface area contributed by atoms with Gasteiger partial charge in [0.2, 0.25) is 0 Å². The Balaban J connectivity index is 2.05. The molecule has 3 unspecified atom stereocenters. The molecule has 0 spiro atoms. The smallest absolute Gasteiger partial charge is 0.0136 e. The summed E-state index contributed by atoms with van der Waals surface area (Å²) in [5, 5.41) is 3.84.